The quantitative estimate of drug-likeness (QED) is 0.701. The molecular weight excluding hydrogens is 390 g/mol. The average Bonchev–Trinajstić information content (AvgIpc) is 2.90. The fourth-order valence-corrected chi connectivity index (χ4v) is 3.31. The molecule has 118 valence electrons. The van der Waals surface area contributed by atoms with Gasteiger partial charge in [0, 0.05) is 10.5 Å². The second-order valence-electron chi connectivity index (χ2n) is 4.55. The molecule has 23 heavy (non-hydrogen) atoms. The number of fused-ring (bicyclic) bond motifs is 1. The molecule has 4 nitrogen and oxygen atoms in total. The Labute approximate surface area is 142 Å². The van der Waals surface area contributed by atoms with Crippen molar-refractivity contribution >= 4 is 48.5 Å². The number of methoxy groups -OCH3 is 1. The SMILES string of the molecule is COc1ccc(Br)c(C(=O)Nc2nc3c(F)cc(F)cc3s2)c1. The third kappa shape index (κ3) is 3.18. The van der Waals surface area contributed by atoms with E-state index in [0.717, 1.165) is 17.4 Å². The maximum Gasteiger partial charge on any atom is 0.258 e. The fourth-order valence-electron chi connectivity index (χ4n) is 1.98. The van der Waals surface area contributed by atoms with Gasteiger partial charge in [-0.05, 0) is 40.2 Å². The van der Waals surface area contributed by atoms with E-state index in [4.69, 9.17) is 4.74 Å². The Morgan fingerprint density at radius 3 is 2.83 bits per heavy atom. The van der Waals surface area contributed by atoms with Crippen LogP contribution in [0.3, 0.4) is 0 Å². The lowest BCUT2D eigenvalue weighted by Crippen LogP contribution is -2.12. The molecule has 0 fully saturated rings. The first kappa shape index (κ1) is 15.8. The van der Waals surface area contributed by atoms with Crippen LogP contribution in [0.25, 0.3) is 10.2 Å². The normalized spacial score (nSPS) is 10.8. The van der Waals surface area contributed by atoms with Gasteiger partial charge >= 0.3 is 0 Å². The molecule has 0 saturated carbocycles. The first-order valence-corrected chi connectivity index (χ1v) is 7.99. The molecule has 1 N–H and O–H groups in total. The summed E-state index contributed by atoms with van der Waals surface area (Å²) >= 11 is 4.28. The zero-order chi connectivity index (χ0) is 16.6. The molecule has 1 heterocycles. The van der Waals surface area contributed by atoms with Crippen LogP contribution < -0.4 is 10.1 Å². The maximum absolute atomic E-state index is 13.7. The van der Waals surface area contributed by atoms with Crippen LogP contribution in [-0.4, -0.2) is 18.0 Å². The Morgan fingerprint density at radius 2 is 2.09 bits per heavy atom. The number of aromatic nitrogens is 1. The van der Waals surface area contributed by atoms with Gasteiger partial charge in [0.25, 0.3) is 5.91 Å². The van der Waals surface area contributed by atoms with Gasteiger partial charge in [-0.15, -0.1) is 0 Å². The summed E-state index contributed by atoms with van der Waals surface area (Å²) in [6, 6.07) is 6.88. The molecule has 3 rings (SSSR count). The van der Waals surface area contributed by atoms with E-state index in [9.17, 15) is 13.6 Å². The minimum absolute atomic E-state index is 0.0245. The number of carbonyl (C=O) groups excluding carboxylic acids is 1. The summed E-state index contributed by atoms with van der Waals surface area (Å²) in [4.78, 5) is 16.3. The Kier molecular flexibility index (Phi) is 4.27. The van der Waals surface area contributed by atoms with Crippen molar-refractivity contribution in [2.75, 3.05) is 12.4 Å². The first-order valence-electron chi connectivity index (χ1n) is 6.38. The predicted molar refractivity (Wildman–Crippen MR) is 88.2 cm³/mol. The summed E-state index contributed by atoms with van der Waals surface area (Å²) in [6.45, 7) is 0. The van der Waals surface area contributed by atoms with Crippen LogP contribution in [-0.2, 0) is 0 Å². The van der Waals surface area contributed by atoms with Crippen LogP contribution in [0, 0.1) is 11.6 Å². The van der Waals surface area contributed by atoms with Crippen LogP contribution in [0.5, 0.6) is 5.75 Å². The minimum Gasteiger partial charge on any atom is -0.497 e. The predicted octanol–water partition coefficient (Wildman–Crippen LogP) is 4.60. The lowest BCUT2D eigenvalue weighted by molar-refractivity contribution is 0.102. The minimum atomic E-state index is -0.765. The molecule has 0 radical (unpaired) electrons. The Balaban J connectivity index is 1.93. The number of nitrogens with zero attached hydrogens (tertiary/aromatic N) is 1. The standard InChI is InChI=1S/C15H9BrF2N2O2S/c1-22-8-2-3-10(16)9(6-8)14(21)20-15-19-13-11(18)4-7(17)5-12(13)23-15/h2-6H,1H3,(H,19,20,21). The van der Waals surface area contributed by atoms with Gasteiger partial charge in [-0.25, -0.2) is 13.8 Å². The highest BCUT2D eigenvalue weighted by atomic mass is 79.9. The van der Waals surface area contributed by atoms with Crippen molar-refractivity contribution in [1.82, 2.24) is 4.98 Å². The van der Waals surface area contributed by atoms with E-state index in [-0.39, 0.29) is 10.6 Å². The monoisotopic (exact) mass is 398 g/mol. The zero-order valence-corrected chi connectivity index (χ0v) is 14.1. The number of anilines is 1. The van der Waals surface area contributed by atoms with Crippen molar-refractivity contribution in [1.29, 1.82) is 0 Å². The van der Waals surface area contributed by atoms with Crippen LogP contribution in [0.4, 0.5) is 13.9 Å². The molecule has 8 heteroatoms. The van der Waals surface area contributed by atoms with Gasteiger partial charge in [0.2, 0.25) is 0 Å². The third-order valence-electron chi connectivity index (χ3n) is 3.05. The molecule has 1 amide bonds. The highest BCUT2D eigenvalue weighted by molar-refractivity contribution is 9.10. The Hall–Kier alpha value is -2.06. The highest BCUT2D eigenvalue weighted by Crippen LogP contribution is 2.30. The molecular formula is C15H9BrF2N2O2S. The maximum atomic E-state index is 13.7. The molecule has 0 spiro atoms. The van der Waals surface area contributed by atoms with Gasteiger partial charge in [-0.2, -0.15) is 0 Å². The van der Waals surface area contributed by atoms with Crippen molar-refractivity contribution in [2.24, 2.45) is 0 Å². The summed E-state index contributed by atoms with van der Waals surface area (Å²) in [5, 5.41) is 2.76. The van der Waals surface area contributed by atoms with Crippen molar-refractivity contribution < 1.29 is 18.3 Å². The Morgan fingerprint density at radius 1 is 1.30 bits per heavy atom. The van der Waals surface area contributed by atoms with Crippen molar-refractivity contribution in [3.63, 3.8) is 0 Å². The lowest BCUT2D eigenvalue weighted by atomic mass is 10.2. The van der Waals surface area contributed by atoms with Crippen LogP contribution in [0.1, 0.15) is 10.4 Å². The zero-order valence-electron chi connectivity index (χ0n) is 11.7. The summed E-state index contributed by atoms with van der Waals surface area (Å²) in [7, 11) is 1.50. The number of thiazole rings is 1. The first-order chi connectivity index (χ1) is 11.0. The molecule has 0 aliphatic rings. The van der Waals surface area contributed by atoms with E-state index in [1.165, 1.54) is 13.2 Å². The van der Waals surface area contributed by atoms with Crippen molar-refractivity contribution in [3.8, 4) is 5.75 Å². The summed E-state index contributed by atoms with van der Waals surface area (Å²) in [5.74, 6) is -1.36. The third-order valence-corrected chi connectivity index (χ3v) is 4.66. The molecule has 2 aromatic carbocycles. The largest absolute Gasteiger partial charge is 0.497 e. The van der Waals surface area contributed by atoms with Crippen molar-refractivity contribution in [2.45, 2.75) is 0 Å². The van der Waals surface area contributed by atoms with Gasteiger partial charge in [-0.3, -0.25) is 10.1 Å². The van der Waals surface area contributed by atoms with E-state index in [0.29, 0.717) is 20.5 Å². The number of halogens is 3. The van der Waals surface area contributed by atoms with E-state index in [1.54, 1.807) is 18.2 Å². The van der Waals surface area contributed by atoms with Gasteiger partial charge in [0.1, 0.15) is 17.1 Å². The number of nitrogens with one attached hydrogen (secondary N) is 1. The van der Waals surface area contributed by atoms with E-state index in [2.05, 4.69) is 26.2 Å². The van der Waals surface area contributed by atoms with Crippen LogP contribution in [0.15, 0.2) is 34.8 Å². The molecule has 0 aliphatic carbocycles. The van der Waals surface area contributed by atoms with E-state index in [1.807, 2.05) is 0 Å². The number of carbonyl (C=O) groups is 1. The number of benzene rings is 2. The van der Waals surface area contributed by atoms with Crippen LogP contribution in [0.2, 0.25) is 0 Å². The second kappa shape index (κ2) is 6.21. The number of hydrogen-bond acceptors (Lipinski definition) is 4. The molecule has 0 aliphatic heterocycles. The molecule has 0 saturated heterocycles. The lowest BCUT2D eigenvalue weighted by Gasteiger charge is -2.06. The fraction of sp³-hybridized carbons (Fsp3) is 0.0667. The molecule has 0 atom stereocenters. The number of hydrogen-bond donors (Lipinski definition) is 1. The van der Waals surface area contributed by atoms with Gasteiger partial charge in [0.15, 0.2) is 10.9 Å². The molecule has 0 unspecified atom stereocenters. The number of ether oxygens (including phenoxy) is 1. The van der Waals surface area contributed by atoms with Gasteiger partial charge in [-0.1, -0.05) is 11.3 Å². The molecule has 1 aromatic heterocycles. The second-order valence-corrected chi connectivity index (χ2v) is 6.44. The average molecular weight is 399 g/mol. The number of rotatable bonds is 3. The summed E-state index contributed by atoms with van der Waals surface area (Å²) in [6.07, 6.45) is 0. The summed E-state index contributed by atoms with van der Waals surface area (Å²) in [5.41, 5.74) is 0.367. The number of amides is 1. The molecule has 0 bridgehead atoms. The van der Waals surface area contributed by atoms with Crippen LogP contribution >= 0.6 is 27.3 Å². The topological polar surface area (TPSA) is 51.2 Å². The van der Waals surface area contributed by atoms with Gasteiger partial charge < -0.3 is 4.74 Å². The molecule has 3 aromatic rings. The summed E-state index contributed by atoms with van der Waals surface area (Å²) < 4.78 is 32.8. The van der Waals surface area contributed by atoms with E-state index >= 15 is 0 Å². The van der Waals surface area contributed by atoms with Gasteiger partial charge in [0.05, 0.1) is 17.4 Å². The smallest absolute Gasteiger partial charge is 0.258 e. The highest BCUT2D eigenvalue weighted by Gasteiger charge is 2.16. The van der Waals surface area contributed by atoms with Crippen molar-refractivity contribution in [3.05, 3.63) is 52.0 Å². The van der Waals surface area contributed by atoms with E-state index < -0.39 is 17.5 Å². The Bertz CT molecular complexity index is 914.